The smallest absolute Gasteiger partial charge is 0.129 e. The summed E-state index contributed by atoms with van der Waals surface area (Å²) in [6, 6.07) is 6.64. The summed E-state index contributed by atoms with van der Waals surface area (Å²) in [4.78, 5) is 13.0. The van der Waals surface area contributed by atoms with Crippen LogP contribution in [0.5, 0.6) is 0 Å². The molecule has 1 aromatic rings. The molecule has 0 aliphatic carbocycles. The van der Waals surface area contributed by atoms with Crippen LogP contribution in [0.1, 0.15) is 31.4 Å². The second kappa shape index (κ2) is 5.75. The molecule has 88 valence electrons. The highest BCUT2D eigenvalue weighted by molar-refractivity contribution is 5.75. The van der Waals surface area contributed by atoms with Crippen LogP contribution in [0.2, 0.25) is 0 Å². The Bertz CT molecular complexity index is 345. The zero-order chi connectivity index (χ0) is 12.1. The van der Waals surface area contributed by atoms with Crippen LogP contribution in [-0.2, 0) is 4.79 Å². The maximum atomic E-state index is 12.8. The minimum Gasteiger partial charge on any atom is -0.302 e. The first-order valence-corrected chi connectivity index (χ1v) is 5.42. The number of nitrogens with zero attached hydrogens (tertiary/aromatic N) is 1. The van der Waals surface area contributed by atoms with E-state index in [1.54, 1.807) is 19.1 Å². The maximum Gasteiger partial charge on any atom is 0.129 e. The molecule has 1 unspecified atom stereocenters. The Hall–Kier alpha value is -1.22. The molecule has 0 fully saturated rings. The number of rotatable bonds is 5. The monoisotopic (exact) mass is 223 g/mol. The summed E-state index contributed by atoms with van der Waals surface area (Å²) in [5.41, 5.74) is 1.05. The van der Waals surface area contributed by atoms with Gasteiger partial charge in [-0.2, -0.15) is 0 Å². The van der Waals surface area contributed by atoms with Crippen molar-refractivity contribution in [3.8, 4) is 0 Å². The third-order valence-electron chi connectivity index (χ3n) is 2.65. The van der Waals surface area contributed by atoms with Crippen molar-refractivity contribution in [1.82, 2.24) is 4.90 Å². The number of carbonyl (C=O) groups is 1. The molecule has 0 amide bonds. The molecular formula is C13H18FNO. The minimum absolute atomic E-state index is 0.171. The Morgan fingerprint density at radius 2 is 1.88 bits per heavy atom. The van der Waals surface area contributed by atoms with E-state index in [-0.39, 0.29) is 17.6 Å². The third kappa shape index (κ3) is 3.74. The van der Waals surface area contributed by atoms with Crippen molar-refractivity contribution in [3.63, 3.8) is 0 Å². The van der Waals surface area contributed by atoms with E-state index in [1.807, 2.05) is 14.1 Å². The number of ketones is 1. The van der Waals surface area contributed by atoms with Gasteiger partial charge >= 0.3 is 0 Å². The summed E-state index contributed by atoms with van der Waals surface area (Å²) >= 11 is 0. The summed E-state index contributed by atoms with van der Waals surface area (Å²) in [6.07, 6.45) is 1.33. The predicted octanol–water partition coefficient (Wildman–Crippen LogP) is 2.80. The van der Waals surface area contributed by atoms with Gasteiger partial charge in [0, 0.05) is 12.5 Å². The van der Waals surface area contributed by atoms with Crippen molar-refractivity contribution >= 4 is 5.78 Å². The molecule has 3 heteroatoms. The molecule has 0 radical (unpaired) electrons. The van der Waals surface area contributed by atoms with Crippen LogP contribution in [0.25, 0.3) is 0 Å². The normalized spacial score (nSPS) is 12.8. The lowest BCUT2D eigenvalue weighted by molar-refractivity contribution is -0.117. The first-order valence-electron chi connectivity index (χ1n) is 5.42. The van der Waals surface area contributed by atoms with E-state index in [2.05, 4.69) is 4.90 Å². The quantitative estimate of drug-likeness (QED) is 0.765. The second-order valence-corrected chi connectivity index (χ2v) is 4.27. The summed E-state index contributed by atoms with van der Waals surface area (Å²) < 4.78 is 12.8. The van der Waals surface area contributed by atoms with E-state index in [0.717, 1.165) is 12.0 Å². The fourth-order valence-corrected chi connectivity index (χ4v) is 1.75. The highest BCUT2D eigenvalue weighted by atomic mass is 19.1. The van der Waals surface area contributed by atoms with E-state index >= 15 is 0 Å². The van der Waals surface area contributed by atoms with E-state index in [4.69, 9.17) is 0 Å². The van der Waals surface area contributed by atoms with Gasteiger partial charge in [-0.15, -0.1) is 0 Å². The van der Waals surface area contributed by atoms with Crippen molar-refractivity contribution in [2.24, 2.45) is 0 Å². The number of benzene rings is 1. The standard InChI is InChI=1S/C13H18FNO/c1-10(16)4-9-13(15(2)3)11-5-7-12(14)8-6-11/h5-8,13H,4,9H2,1-3H3. The average molecular weight is 223 g/mol. The molecule has 2 nitrogen and oxygen atoms in total. The molecular weight excluding hydrogens is 205 g/mol. The highest BCUT2D eigenvalue weighted by Crippen LogP contribution is 2.23. The fourth-order valence-electron chi connectivity index (χ4n) is 1.75. The molecule has 0 aromatic heterocycles. The van der Waals surface area contributed by atoms with Crippen molar-refractivity contribution in [2.75, 3.05) is 14.1 Å². The molecule has 0 saturated heterocycles. The largest absolute Gasteiger partial charge is 0.302 e. The van der Waals surface area contributed by atoms with Crippen LogP contribution in [0, 0.1) is 5.82 Å². The number of halogens is 1. The zero-order valence-corrected chi connectivity index (χ0v) is 10.0. The molecule has 0 N–H and O–H groups in total. The molecule has 1 aromatic carbocycles. The Labute approximate surface area is 96.1 Å². The van der Waals surface area contributed by atoms with Crippen LogP contribution in [0.4, 0.5) is 4.39 Å². The first-order chi connectivity index (χ1) is 7.50. The highest BCUT2D eigenvalue weighted by Gasteiger charge is 2.14. The van der Waals surface area contributed by atoms with Crippen LogP contribution >= 0.6 is 0 Å². The zero-order valence-electron chi connectivity index (χ0n) is 10.0. The van der Waals surface area contributed by atoms with Gasteiger partial charge in [-0.1, -0.05) is 12.1 Å². The number of carbonyl (C=O) groups excluding carboxylic acids is 1. The summed E-state index contributed by atoms with van der Waals surface area (Å²) in [7, 11) is 3.93. The van der Waals surface area contributed by atoms with Crippen LogP contribution in [-0.4, -0.2) is 24.8 Å². The average Bonchev–Trinajstić information content (AvgIpc) is 2.20. The van der Waals surface area contributed by atoms with Gasteiger partial charge in [0.1, 0.15) is 11.6 Å². The van der Waals surface area contributed by atoms with Gasteiger partial charge in [0.05, 0.1) is 0 Å². The van der Waals surface area contributed by atoms with Crippen molar-refractivity contribution in [3.05, 3.63) is 35.6 Å². The Kier molecular flexibility index (Phi) is 4.62. The SMILES string of the molecule is CC(=O)CCC(c1ccc(F)cc1)N(C)C. The minimum atomic E-state index is -0.229. The first kappa shape index (κ1) is 12.8. The Balaban J connectivity index is 2.77. The van der Waals surface area contributed by atoms with Crippen LogP contribution in [0.15, 0.2) is 24.3 Å². The Morgan fingerprint density at radius 3 is 2.31 bits per heavy atom. The lowest BCUT2D eigenvalue weighted by atomic mass is 10.00. The molecule has 1 rings (SSSR count). The van der Waals surface area contributed by atoms with E-state index in [9.17, 15) is 9.18 Å². The van der Waals surface area contributed by atoms with Gasteiger partial charge in [0.15, 0.2) is 0 Å². The van der Waals surface area contributed by atoms with Gasteiger partial charge in [0.2, 0.25) is 0 Å². The van der Waals surface area contributed by atoms with E-state index < -0.39 is 0 Å². The van der Waals surface area contributed by atoms with Crippen molar-refractivity contribution in [2.45, 2.75) is 25.8 Å². The van der Waals surface area contributed by atoms with Crippen LogP contribution < -0.4 is 0 Å². The molecule has 0 heterocycles. The number of hydrogen-bond donors (Lipinski definition) is 0. The lowest BCUT2D eigenvalue weighted by Crippen LogP contribution is -2.20. The van der Waals surface area contributed by atoms with Crippen molar-refractivity contribution < 1.29 is 9.18 Å². The van der Waals surface area contributed by atoms with Gasteiger partial charge < -0.3 is 9.69 Å². The molecule has 1 atom stereocenters. The van der Waals surface area contributed by atoms with E-state index in [1.165, 1.54) is 12.1 Å². The van der Waals surface area contributed by atoms with Gasteiger partial charge in [-0.3, -0.25) is 0 Å². The van der Waals surface area contributed by atoms with Crippen LogP contribution in [0.3, 0.4) is 0 Å². The Morgan fingerprint density at radius 1 is 1.31 bits per heavy atom. The number of Topliss-reactive ketones (excluding diaryl/α,β-unsaturated/α-hetero) is 1. The molecule has 0 bridgehead atoms. The topological polar surface area (TPSA) is 20.3 Å². The fraction of sp³-hybridized carbons (Fsp3) is 0.462. The summed E-state index contributed by atoms with van der Waals surface area (Å²) in [6.45, 7) is 1.59. The molecule has 0 spiro atoms. The molecule has 0 aliphatic rings. The van der Waals surface area contributed by atoms with Gasteiger partial charge in [0.25, 0.3) is 0 Å². The molecule has 0 saturated carbocycles. The van der Waals surface area contributed by atoms with Gasteiger partial charge in [-0.25, -0.2) is 4.39 Å². The molecule has 0 aliphatic heterocycles. The maximum absolute atomic E-state index is 12.8. The molecule has 16 heavy (non-hydrogen) atoms. The second-order valence-electron chi connectivity index (χ2n) is 4.27. The predicted molar refractivity (Wildman–Crippen MR) is 62.7 cm³/mol. The summed E-state index contributed by atoms with van der Waals surface area (Å²) in [5, 5.41) is 0. The summed E-state index contributed by atoms with van der Waals surface area (Å²) in [5.74, 6) is -0.0400. The van der Waals surface area contributed by atoms with Crippen molar-refractivity contribution in [1.29, 1.82) is 0 Å². The lowest BCUT2D eigenvalue weighted by Gasteiger charge is -2.24. The number of hydrogen-bond acceptors (Lipinski definition) is 2. The van der Waals surface area contributed by atoms with E-state index in [0.29, 0.717) is 6.42 Å². The van der Waals surface area contributed by atoms with Gasteiger partial charge in [-0.05, 0) is 45.1 Å². The third-order valence-corrected chi connectivity index (χ3v) is 2.65.